The summed E-state index contributed by atoms with van der Waals surface area (Å²) in [6.45, 7) is 2.82. The van der Waals surface area contributed by atoms with Gasteiger partial charge < -0.3 is 18.8 Å². The highest BCUT2D eigenvalue weighted by Crippen LogP contribution is 2.35. The van der Waals surface area contributed by atoms with Crippen LogP contribution in [0.3, 0.4) is 0 Å². The smallest absolute Gasteiger partial charge is 0.326 e. The van der Waals surface area contributed by atoms with Crippen LogP contribution in [0.1, 0.15) is 17.3 Å². The Balaban J connectivity index is 1.52. The van der Waals surface area contributed by atoms with E-state index >= 15 is 0 Å². The van der Waals surface area contributed by atoms with E-state index in [1.54, 1.807) is 17.6 Å². The van der Waals surface area contributed by atoms with Crippen LogP contribution in [0, 0.1) is 0 Å². The molecule has 1 aliphatic heterocycles. The number of aromatic nitrogens is 2. The number of fused-ring (bicyclic) bond motifs is 3. The molecule has 38 heavy (non-hydrogen) atoms. The highest BCUT2D eigenvalue weighted by molar-refractivity contribution is 7.16. The Bertz CT molecular complexity index is 1760. The van der Waals surface area contributed by atoms with Gasteiger partial charge in [0, 0.05) is 23.1 Å². The molecule has 1 amide bonds. The van der Waals surface area contributed by atoms with Gasteiger partial charge >= 0.3 is 5.97 Å². The number of pyridine rings is 1. The van der Waals surface area contributed by atoms with Crippen LogP contribution in [0.5, 0.6) is 11.5 Å². The lowest BCUT2D eigenvalue weighted by Crippen LogP contribution is -2.23. The first-order valence-corrected chi connectivity index (χ1v) is 13.1. The van der Waals surface area contributed by atoms with E-state index in [1.807, 2.05) is 66.7 Å². The molecule has 5 aromatic rings. The zero-order valence-corrected chi connectivity index (χ0v) is 21.4. The SMILES string of the molecule is CCOC(=O)Cn1c(=NC(=O)c2cc(-c3ccccc3)nc3ccccc23)sc2cc3c(cc21)OCCO3. The second kappa shape index (κ2) is 10.1. The average molecular weight is 526 g/mol. The second-order valence-corrected chi connectivity index (χ2v) is 9.60. The van der Waals surface area contributed by atoms with E-state index in [1.165, 1.54) is 11.3 Å². The molecule has 0 saturated carbocycles. The van der Waals surface area contributed by atoms with Crippen LogP contribution < -0.4 is 14.3 Å². The number of rotatable bonds is 5. The van der Waals surface area contributed by atoms with Gasteiger partial charge in [-0.3, -0.25) is 9.59 Å². The Kier molecular flexibility index (Phi) is 6.35. The van der Waals surface area contributed by atoms with Crippen molar-refractivity contribution in [1.29, 1.82) is 0 Å². The zero-order valence-electron chi connectivity index (χ0n) is 20.5. The number of para-hydroxylation sites is 1. The lowest BCUT2D eigenvalue weighted by atomic mass is 10.0. The van der Waals surface area contributed by atoms with E-state index in [2.05, 4.69) is 4.99 Å². The molecule has 3 aromatic carbocycles. The third kappa shape index (κ3) is 4.52. The Morgan fingerprint density at radius 2 is 1.74 bits per heavy atom. The molecule has 1 aliphatic rings. The maximum Gasteiger partial charge on any atom is 0.326 e. The van der Waals surface area contributed by atoms with E-state index in [0.717, 1.165) is 10.3 Å². The third-order valence-corrected chi connectivity index (χ3v) is 7.19. The molecule has 8 nitrogen and oxygen atoms in total. The minimum atomic E-state index is -0.429. The predicted molar refractivity (Wildman–Crippen MR) is 145 cm³/mol. The number of hydrogen-bond donors (Lipinski definition) is 0. The van der Waals surface area contributed by atoms with E-state index in [9.17, 15) is 9.59 Å². The van der Waals surface area contributed by atoms with E-state index in [0.29, 0.717) is 57.2 Å². The van der Waals surface area contributed by atoms with Gasteiger partial charge in [-0.2, -0.15) is 4.99 Å². The van der Waals surface area contributed by atoms with Gasteiger partial charge in [-0.25, -0.2) is 4.98 Å². The zero-order chi connectivity index (χ0) is 26.1. The highest BCUT2D eigenvalue weighted by Gasteiger charge is 2.20. The number of hydrogen-bond acceptors (Lipinski definition) is 7. The summed E-state index contributed by atoms with van der Waals surface area (Å²) >= 11 is 1.30. The number of ether oxygens (including phenoxy) is 3. The van der Waals surface area contributed by atoms with E-state index < -0.39 is 11.9 Å². The molecular weight excluding hydrogens is 502 g/mol. The topological polar surface area (TPSA) is 92.0 Å². The average Bonchev–Trinajstić information content (AvgIpc) is 3.26. The lowest BCUT2D eigenvalue weighted by molar-refractivity contribution is -0.143. The summed E-state index contributed by atoms with van der Waals surface area (Å²) in [5.74, 6) is 0.363. The number of carbonyl (C=O) groups is 2. The normalized spacial score (nSPS) is 13.1. The fourth-order valence-corrected chi connectivity index (χ4v) is 5.47. The van der Waals surface area contributed by atoms with Gasteiger partial charge in [0.25, 0.3) is 5.91 Å². The molecule has 6 rings (SSSR count). The van der Waals surface area contributed by atoms with Crippen LogP contribution in [-0.2, 0) is 16.1 Å². The number of amides is 1. The number of esters is 1. The quantitative estimate of drug-likeness (QED) is 0.300. The van der Waals surface area contributed by atoms with Gasteiger partial charge in [0.15, 0.2) is 16.3 Å². The summed E-state index contributed by atoms with van der Waals surface area (Å²) in [4.78, 5) is 35.9. The molecule has 0 saturated heterocycles. The molecule has 0 fully saturated rings. The van der Waals surface area contributed by atoms with Crippen molar-refractivity contribution in [3.05, 3.63) is 83.2 Å². The van der Waals surface area contributed by atoms with Crippen LogP contribution >= 0.6 is 11.3 Å². The first-order chi connectivity index (χ1) is 18.6. The van der Waals surface area contributed by atoms with Gasteiger partial charge in [-0.05, 0) is 19.1 Å². The van der Waals surface area contributed by atoms with E-state index in [4.69, 9.17) is 19.2 Å². The highest BCUT2D eigenvalue weighted by atomic mass is 32.1. The van der Waals surface area contributed by atoms with Crippen molar-refractivity contribution < 1.29 is 23.8 Å². The molecule has 0 spiro atoms. The van der Waals surface area contributed by atoms with Crippen molar-refractivity contribution >= 4 is 44.3 Å². The molecule has 0 bridgehead atoms. The van der Waals surface area contributed by atoms with Crippen LogP contribution in [0.4, 0.5) is 0 Å². The first kappa shape index (κ1) is 23.9. The van der Waals surface area contributed by atoms with Crippen molar-refractivity contribution in [3.8, 4) is 22.8 Å². The standard InChI is InChI=1S/C29H23N3O5S/c1-2-35-27(33)17-32-23-15-24-25(37-13-12-36-24)16-26(23)38-29(32)31-28(34)20-14-22(18-8-4-3-5-9-18)30-21-11-7-6-10-19(20)21/h3-11,14-16H,2,12-13,17H2,1H3. The van der Waals surface area contributed by atoms with Crippen molar-refractivity contribution in [2.24, 2.45) is 4.99 Å². The van der Waals surface area contributed by atoms with Crippen molar-refractivity contribution in [1.82, 2.24) is 9.55 Å². The molecule has 0 atom stereocenters. The van der Waals surface area contributed by atoms with E-state index in [-0.39, 0.29) is 13.2 Å². The summed E-state index contributed by atoms with van der Waals surface area (Å²) in [5, 5.41) is 0.705. The minimum Gasteiger partial charge on any atom is -0.486 e. The van der Waals surface area contributed by atoms with Gasteiger partial charge in [-0.15, -0.1) is 0 Å². The molecule has 2 aromatic heterocycles. The Morgan fingerprint density at radius 1 is 1.00 bits per heavy atom. The maximum absolute atomic E-state index is 13.7. The fourth-order valence-electron chi connectivity index (χ4n) is 4.44. The van der Waals surface area contributed by atoms with Crippen molar-refractivity contribution in [2.75, 3.05) is 19.8 Å². The molecule has 0 unspecified atom stereocenters. The summed E-state index contributed by atoms with van der Waals surface area (Å²) in [6, 6.07) is 22.6. The van der Waals surface area contributed by atoms with Gasteiger partial charge in [0.1, 0.15) is 19.8 Å². The summed E-state index contributed by atoms with van der Waals surface area (Å²) < 4.78 is 19.2. The summed E-state index contributed by atoms with van der Waals surface area (Å²) in [7, 11) is 0. The first-order valence-electron chi connectivity index (χ1n) is 12.2. The fraction of sp³-hybridized carbons (Fsp3) is 0.172. The number of thiazole rings is 1. The summed E-state index contributed by atoms with van der Waals surface area (Å²) in [6.07, 6.45) is 0. The van der Waals surface area contributed by atoms with Crippen LogP contribution in [-0.4, -0.2) is 41.2 Å². The Labute approximate surface area is 221 Å². The Hall–Kier alpha value is -4.50. The van der Waals surface area contributed by atoms with Crippen LogP contribution in [0.15, 0.2) is 77.8 Å². The number of carbonyl (C=O) groups excluding carboxylic acids is 2. The van der Waals surface area contributed by atoms with Crippen molar-refractivity contribution in [3.63, 3.8) is 0 Å². The predicted octanol–water partition coefficient (Wildman–Crippen LogP) is 4.99. The molecule has 3 heterocycles. The van der Waals surface area contributed by atoms with Crippen LogP contribution in [0.2, 0.25) is 0 Å². The molecule has 0 aliphatic carbocycles. The molecular formula is C29H23N3O5S. The second-order valence-electron chi connectivity index (χ2n) is 8.59. The van der Waals surface area contributed by atoms with Gasteiger partial charge in [-0.1, -0.05) is 59.9 Å². The van der Waals surface area contributed by atoms with Crippen LogP contribution in [0.25, 0.3) is 32.4 Å². The summed E-state index contributed by atoms with van der Waals surface area (Å²) in [5.41, 5.74) is 3.42. The van der Waals surface area contributed by atoms with Crippen molar-refractivity contribution in [2.45, 2.75) is 13.5 Å². The third-order valence-electron chi connectivity index (χ3n) is 6.15. The number of benzene rings is 3. The molecule has 0 N–H and O–H groups in total. The Morgan fingerprint density at radius 3 is 2.53 bits per heavy atom. The monoisotopic (exact) mass is 525 g/mol. The lowest BCUT2D eigenvalue weighted by Gasteiger charge is -2.18. The molecule has 0 radical (unpaired) electrons. The number of nitrogens with zero attached hydrogens (tertiary/aromatic N) is 3. The largest absolute Gasteiger partial charge is 0.486 e. The van der Waals surface area contributed by atoms with Gasteiger partial charge in [0.2, 0.25) is 0 Å². The van der Waals surface area contributed by atoms with Gasteiger partial charge in [0.05, 0.1) is 33.6 Å². The molecule has 190 valence electrons. The maximum atomic E-state index is 13.7. The minimum absolute atomic E-state index is 0.0913. The molecule has 9 heteroatoms.